The Hall–Kier alpha value is -2.57. The van der Waals surface area contributed by atoms with Gasteiger partial charge in [0.15, 0.2) is 5.82 Å². The summed E-state index contributed by atoms with van der Waals surface area (Å²) in [6.45, 7) is 1.47. The van der Waals surface area contributed by atoms with Gasteiger partial charge >= 0.3 is 0 Å². The van der Waals surface area contributed by atoms with Crippen LogP contribution in [-0.4, -0.2) is 21.4 Å². The molecule has 0 spiro atoms. The molecule has 1 aromatic heterocycles. The lowest BCUT2D eigenvalue weighted by Gasteiger charge is -2.28. The highest BCUT2D eigenvalue weighted by atomic mass is 35.5. The Bertz CT molecular complexity index is 992. The van der Waals surface area contributed by atoms with Gasteiger partial charge in [0, 0.05) is 54.6 Å². The van der Waals surface area contributed by atoms with Crippen molar-refractivity contribution in [3.8, 4) is 11.4 Å². The van der Waals surface area contributed by atoms with E-state index in [9.17, 15) is 8.78 Å². The normalized spacial score (nSPS) is 14.2. The summed E-state index contributed by atoms with van der Waals surface area (Å²) in [4.78, 5) is 11.1. The van der Waals surface area contributed by atoms with Crippen LogP contribution in [-0.2, 0) is 19.5 Å². The molecule has 27 heavy (non-hydrogen) atoms. The van der Waals surface area contributed by atoms with E-state index in [-0.39, 0.29) is 17.1 Å². The third-order valence-corrected chi connectivity index (χ3v) is 5.11. The minimum Gasteiger partial charge on any atom is -0.399 e. The zero-order valence-corrected chi connectivity index (χ0v) is 15.2. The van der Waals surface area contributed by atoms with Gasteiger partial charge in [-0.1, -0.05) is 11.6 Å². The number of rotatable bonds is 3. The Morgan fingerprint density at radius 1 is 1.07 bits per heavy atom. The number of benzene rings is 2. The highest BCUT2D eigenvalue weighted by Crippen LogP contribution is 2.27. The molecule has 0 saturated heterocycles. The Morgan fingerprint density at radius 2 is 1.81 bits per heavy atom. The standard InChI is InChI=1S/C20H17ClF2N4/c21-19-15(16(22)5-6-17(19)23)11-27-8-7-18-13(10-27)9-25-20(26-18)12-1-3-14(24)4-2-12/h1-6,9H,7-8,10-11,24H2. The maximum absolute atomic E-state index is 14.0. The molecule has 4 rings (SSSR count). The Labute approximate surface area is 160 Å². The fourth-order valence-electron chi connectivity index (χ4n) is 3.22. The molecular weight excluding hydrogens is 370 g/mol. The number of halogens is 3. The lowest BCUT2D eigenvalue weighted by Crippen LogP contribution is -2.31. The van der Waals surface area contributed by atoms with Gasteiger partial charge in [0.05, 0.1) is 10.7 Å². The molecule has 0 amide bonds. The minimum atomic E-state index is -0.609. The Kier molecular flexibility index (Phi) is 4.76. The van der Waals surface area contributed by atoms with Gasteiger partial charge in [0.1, 0.15) is 11.6 Å². The smallest absolute Gasteiger partial charge is 0.159 e. The molecule has 0 radical (unpaired) electrons. The van der Waals surface area contributed by atoms with Gasteiger partial charge in [-0.05, 0) is 36.4 Å². The number of hydrogen-bond donors (Lipinski definition) is 1. The van der Waals surface area contributed by atoms with E-state index in [0.29, 0.717) is 31.0 Å². The van der Waals surface area contributed by atoms with Crippen molar-refractivity contribution in [2.24, 2.45) is 0 Å². The molecule has 1 aliphatic rings. The molecule has 0 fully saturated rings. The van der Waals surface area contributed by atoms with Gasteiger partial charge in [-0.3, -0.25) is 4.90 Å². The first-order chi connectivity index (χ1) is 13.0. The van der Waals surface area contributed by atoms with E-state index in [1.165, 1.54) is 0 Å². The van der Waals surface area contributed by atoms with Crippen molar-refractivity contribution in [2.45, 2.75) is 19.5 Å². The predicted octanol–water partition coefficient (Wildman–Crippen LogP) is 4.22. The quantitative estimate of drug-likeness (QED) is 0.541. The van der Waals surface area contributed by atoms with Crippen molar-refractivity contribution < 1.29 is 8.78 Å². The van der Waals surface area contributed by atoms with Crippen molar-refractivity contribution in [3.05, 3.63) is 76.1 Å². The molecule has 0 saturated carbocycles. The van der Waals surface area contributed by atoms with Gasteiger partial charge in [0.25, 0.3) is 0 Å². The second-order valence-electron chi connectivity index (χ2n) is 6.57. The maximum atomic E-state index is 14.0. The molecule has 138 valence electrons. The van der Waals surface area contributed by atoms with E-state index in [2.05, 4.69) is 9.97 Å². The highest BCUT2D eigenvalue weighted by Gasteiger charge is 2.22. The van der Waals surface area contributed by atoms with Crippen LogP contribution in [0.2, 0.25) is 5.02 Å². The molecule has 2 aromatic carbocycles. The van der Waals surface area contributed by atoms with E-state index in [1.807, 2.05) is 29.2 Å². The van der Waals surface area contributed by atoms with Crippen molar-refractivity contribution >= 4 is 17.3 Å². The molecular formula is C20H17ClF2N4. The predicted molar refractivity (Wildman–Crippen MR) is 101 cm³/mol. The number of nitrogen functional groups attached to an aromatic ring is 1. The van der Waals surface area contributed by atoms with Gasteiger partial charge in [-0.2, -0.15) is 0 Å². The minimum absolute atomic E-state index is 0.157. The van der Waals surface area contributed by atoms with Crippen molar-refractivity contribution in [2.75, 3.05) is 12.3 Å². The van der Waals surface area contributed by atoms with E-state index < -0.39 is 11.6 Å². The Balaban J connectivity index is 1.54. The van der Waals surface area contributed by atoms with E-state index >= 15 is 0 Å². The SMILES string of the molecule is Nc1ccc(-c2ncc3c(n2)CCN(Cc2c(F)ccc(F)c2Cl)C3)cc1. The molecule has 0 atom stereocenters. The van der Waals surface area contributed by atoms with Crippen LogP contribution in [0.15, 0.2) is 42.6 Å². The number of fused-ring (bicyclic) bond motifs is 1. The summed E-state index contributed by atoms with van der Waals surface area (Å²) in [6.07, 6.45) is 2.50. The lowest BCUT2D eigenvalue weighted by molar-refractivity contribution is 0.239. The van der Waals surface area contributed by atoms with E-state index in [0.717, 1.165) is 29.0 Å². The first-order valence-corrected chi connectivity index (χ1v) is 8.94. The third-order valence-electron chi connectivity index (χ3n) is 4.70. The molecule has 3 aromatic rings. The zero-order chi connectivity index (χ0) is 19.0. The van der Waals surface area contributed by atoms with E-state index in [4.69, 9.17) is 17.3 Å². The van der Waals surface area contributed by atoms with Crippen LogP contribution >= 0.6 is 11.6 Å². The fraction of sp³-hybridized carbons (Fsp3) is 0.200. The van der Waals surface area contributed by atoms with Crippen LogP contribution in [0.3, 0.4) is 0 Å². The van der Waals surface area contributed by atoms with Crippen LogP contribution in [0.25, 0.3) is 11.4 Å². The average Bonchev–Trinajstić information content (AvgIpc) is 2.68. The van der Waals surface area contributed by atoms with Gasteiger partial charge in [-0.15, -0.1) is 0 Å². The average molecular weight is 387 g/mol. The molecule has 7 heteroatoms. The summed E-state index contributed by atoms with van der Waals surface area (Å²) < 4.78 is 27.7. The first-order valence-electron chi connectivity index (χ1n) is 8.56. The number of nitrogens with zero attached hydrogens (tertiary/aromatic N) is 3. The summed E-state index contributed by atoms with van der Waals surface area (Å²) in [5.74, 6) is -0.453. The molecule has 0 unspecified atom stereocenters. The maximum Gasteiger partial charge on any atom is 0.159 e. The molecule has 0 bridgehead atoms. The van der Waals surface area contributed by atoms with Crippen LogP contribution in [0.5, 0.6) is 0 Å². The lowest BCUT2D eigenvalue weighted by atomic mass is 10.1. The summed E-state index contributed by atoms with van der Waals surface area (Å²) in [5.41, 5.74) is 9.45. The van der Waals surface area contributed by atoms with Crippen molar-refractivity contribution in [3.63, 3.8) is 0 Å². The Morgan fingerprint density at radius 3 is 2.59 bits per heavy atom. The van der Waals surface area contributed by atoms with Crippen molar-refractivity contribution in [1.82, 2.24) is 14.9 Å². The second kappa shape index (κ2) is 7.21. The summed E-state index contributed by atoms with van der Waals surface area (Å²) in [6, 6.07) is 9.56. The van der Waals surface area contributed by atoms with Crippen LogP contribution in [0.4, 0.5) is 14.5 Å². The largest absolute Gasteiger partial charge is 0.399 e. The number of nitrogens with two attached hydrogens (primary N) is 1. The molecule has 1 aliphatic heterocycles. The molecule has 0 aliphatic carbocycles. The van der Waals surface area contributed by atoms with Crippen molar-refractivity contribution in [1.29, 1.82) is 0 Å². The fourth-order valence-corrected chi connectivity index (χ4v) is 3.43. The highest BCUT2D eigenvalue weighted by molar-refractivity contribution is 6.31. The molecule has 4 nitrogen and oxygen atoms in total. The number of aromatic nitrogens is 2. The van der Waals surface area contributed by atoms with Crippen LogP contribution in [0, 0.1) is 11.6 Å². The van der Waals surface area contributed by atoms with Gasteiger partial charge in [-0.25, -0.2) is 18.7 Å². The number of hydrogen-bond acceptors (Lipinski definition) is 4. The van der Waals surface area contributed by atoms with E-state index in [1.54, 1.807) is 6.20 Å². The monoisotopic (exact) mass is 386 g/mol. The molecule has 2 heterocycles. The van der Waals surface area contributed by atoms with Gasteiger partial charge in [0.2, 0.25) is 0 Å². The van der Waals surface area contributed by atoms with Gasteiger partial charge < -0.3 is 5.73 Å². The first kappa shape index (κ1) is 17.8. The van der Waals surface area contributed by atoms with Crippen LogP contribution in [0.1, 0.15) is 16.8 Å². The zero-order valence-electron chi connectivity index (χ0n) is 14.4. The summed E-state index contributed by atoms with van der Waals surface area (Å²) in [5, 5.41) is -0.157. The summed E-state index contributed by atoms with van der Waals surface area (Å²) >= 11 is 5.94. The topological polar surface area (TPSA) is 55.0 Å². The molecule has 2 N–H and O–H groups in total. The number of anilines is 1. The third kappa shape index (κ3) is 3.63. The summed E-state index contributed by atoms with van der Waals surface area (Å²) in [7, 11) is 0. The second-order valence-corrected chi connectivity index (χ2v) is 6.95. The van der Waals surface area contributed by atoms with Crippen LogP contribution < -0.4 is 5.73 Å².